The van der Waals surface area contributed by atoms with Gasteiger partial charge in [0.2, 0.25) is 0 Å². The van der Waals surface area contributed by atoms with Crippen molar-refractivity contribution in [3.05, 3.63) is 209 Å². The molecule has 7 aromatic rings. The average molecular weight is 1010 g/mol. The Morgan fingerprint density at radius 3 is 1.82 bits per heavy atom. The van der Waals surface area contributed by atoms with Gasteiger partial charge in [-0.05, 0) is 108 Å². The minimum atomic E-state index is -1.67. The molecule has 12 heteroatoms. The molecule has 11 nitrogen and oxygen atoms in total. The maximum Gasteiger partial charge on any atom is 0.411 e. The number of hydrogen-bond acceptors (Lipinski definition) is 10. The molecular weight excluding hydrogens is 946 g/mol. The van der Waals surface area contributed by atoms with Gasteiger partial charge < -0.3 is 32.7 Å². The molecule has 0 bridgehead atoms. The Morgan fingerprint density at radius 1 is 0.703 bits per heavy atom. The number of anilines is 1. The van der Waals surface area contributed by atoms with Gasteiger partial charge in [-0.1, -0.05) is 146 Å². The van der Waals surface area contributed by atoms with E-state index in [1.165, 1.54) is 0 Å². The van der Waals surface area contributed by atoms with Crippen LogP contribution in [0, 0.1) is 11.3 Å². The predicted molar refractivity (Wildman–Crippen MR) is 291 cm³/mol. The van der Waals surface area contributed by atoms with Crippen LogP contribution in [0.2, 0.25) is 0 Å². The van der Waals surface area contributed by atoms with E-state index < -0.39 is 38.5 Å². The van der Waals surface area contributed by atoms with E-state index in [4.69, 9.17) is 32.7 Å². The SMILES string of the molecule is COc1ccc(C(OC[C@H]2O[C@@H](c3ccc(-c4ccccc4)c(NC(=O)OCC4c5ccccc5-c5ccccc54)c3)C[C@@H]2OP(OCCC#N)N(C(C)C)C(C)C)(c2ccccc2)c2ccc(OC)cc2)cc1. The van der Waals surface area contributed by atoms with Crippen LogP contribution < -0.4 is 14.8 Å². The van der Waals surface area contributed by atoms with Gasteiger partial charge in [0.15, 0.2) is 0 Å². The number of hydrogen-bond donors (Lipinski definition) is 1. The first-order valence-corrected chi connectivity index (χ1v) is 26.4. The van der Waals surface area contributed by atoms with Gasteiger partial charge >= 0.3 is 6.09 Å². The Labute approximate surface area is 436 Å². The zero-order valence-electron chi connectivity index (χ0n) is 42.9. The molecule has 0 aromatic heterocycles. The average Bonchev–Trinajstić information content (AvgIpc) is 3.99. The van der Waals surface area contributed by atoms with Crippen LogP contribution in [0.15, 0.2) is 176 Å². The Hall–Kier alpha value is -6.87. The lowest BCUT2D eigenvalue weighted by atomic mass is 9.80. The van der Waals surface area contributed by atoms with Gasteiger partial charge in [-0.3, -0.25) is 5.32 Å². The Bertz CT molecular complexity index is 2900. The molecule has 1 N–H and O–H groups in total. The number of nitrogens with zero attached hydrogens (tertiary/aromatic N) is 2. The number of fused-ring (bicyclic) bond motifs is 3. The number of amides is 1. The lowest BCUT2D eigenvalue weighted by molar-refractivity contribution is -0.0806. The van der Waals surface area contributed by atoms with Crippen molar-refractivity contribution in [2.24, 2.45) is 0 Å². The van der Waals surface area contributed by atoms with Crippen LogP contribution >= 0.6 is 8.53 Å². The second kappa shape index (κ2) is 24.0. The molecule has 0 radical (unpaired) electrons. The molecule has 7 aromatic carbocycles. The lowest BCUT2D eigenvalue weighted by Crippen LogP contribution is -2.39. The summed E-state index contributed by atoms with van der Waals surface area (Å²) in [7, 11) is 1.64. The summed E-state index contributed by atoms with van der Waals surface area (Å²) in [6, 6.07) is 61.1. The molecule has 1 aliphatic heterocycles. The van der Waals surface area contributed by atoms with E-state index in [0.29, 0.717) is 12.1 Å². The van der Waals surface area contributed by atoms with Crippen LogP contribution in [-0.4, -0.2) is 69.1 Å². The molecule has 0 spiro atoms. The quantitative estimate of drug-likeness (QED) is 0.0423. The highest BCUT2D eigenvalue weighted by molar-refractivity contribution is 7.44. The van der Waals surface area contributed by atoms with Crippen LogP contribution in [0.4, 0.5) is 10.5 Å². The zero-order valence-corrected chi connectivity index (χ0v) is 43.7. The molecule has 1 unspecified atom stereocenters. The van der Waals surface area contributed by atoms with E-state index >= 15 is 0 Å². The summed E-state index contributed by atoms with van der Waals surface area (Å²) in [5, 5.41) is 12.7. The third-order valence-corrected chi connectivity index (χ3v) is 16.0. The van der Waals surface area contributed by atoms with Crippen molar-refractivity contribution in [2.45, 2.75) is 82.5 Å². The van der Waals surface area contributed by atoms with Crippen LogP contribution in [0.5, 0.6) is 11.5 Å². The number of benzene rings is 7. The van der Waals surface area contributed by atoms with Crippen molar-refractivity contribution in [1.29, 1.82) is 5.26 Å². The van der Waals surface area contributed by atoms with Crippen LogP contribution in [0.1, 0.15) is 85.9 Å². The number of nitrogens with one attached hydrogen (secondary N) is 1. The minimum Gasteiger partial charge on any atom is -0.497 e. The molecule has 1 amide bonds. The van der Waals surface area contributed by atoms with Gasteiger partial charge in [0.1, 0.15) is 29.8 Å². The monoisotopic (exact) mass is 1010 g/mol. The fourth-order valence-corrected chi connectivity index (χ4v) is 12.1. The molecule has 74 heavy (non-hydrogen) atoms. The molecule has 380 valence electrons. The molecule has 4 atom stereocenters. The summed E-state index contributed by atoms with van der Waals surface area (Å²) in [5.74, 6) is 1.34. The van der Waals surface area contributed by atoms with Crippen molar-refractivity contribution in [2.75, 3.05) is 39.4 Å². The van der Waals surface area contributed by atoms with E-state index in [2.05, 4.69) is 86.2 Å². The molecule has 2 aliphatic rings. The summed E-state index contributed by atoms with van der Waals surface area (Å²) < 4.78 is 48.0. The number of carbonyl (C=O) groups excluding carboxylic acids is 1. The number of ether oxygens (including phenoxy) is 5. The standard InChI is InChI=1S/C62H64N3O8P/c1-42(2)65(43(3)4)74(71-37-17-36-63)73-59-39-58(72-60(59)41-70-62(46-20-11-8-12-21-46,47-27-31-49(67-5)32-28-47)48-29-33-50(68-6)34-30-48)45-26-35-51(44-18-9-7-10-19-44)57(38-45)64-61(66)69-40-56-54-24-15-13-22-52(54)53-23-14-16-25-55(53)56/h7-16,18-35,38,42-43,56,58-60H,17,37,39-41H2,1-6H3,(H,64,66)/t58-,59+,60-,74?/m1/s1. The van der Waals surface area contributed by atoms with Gasteiger partial charge in [-0.2, -0.15) is 5.26 Å². The molecule has 0 saturated carbocycles. The second-order valence-electron chi connectivity index (χ2n) is 19.0. The first-order valence-electron chi connectivity index (χ1n) is 25.3. The maximum atomic E-state index is 14.1. The normalized spacial score (nSPS) is 16.7. The first-order chi connectivity index (χ1) is 36.1. The maximum absolute atomic E-state index is 14.1. The summed E-state index contributed by atoms with van der Waals surface area (Å²) >= 11 is 0. The fraction of sp³-hybridized carbons (Fsp3) is 0.290. The Kier molecular flexibility index (Phi) is 16.9. The van der Waals surface area contributed by atoms with Crippen molar-refractivity contribution >= 4 is 20.3 Å². The molecule has 1 fully saturated rings. The van der Waals surface area contributed by atoms with E-state index in [1.54, 1.807) is 14.2 Å². The van der Waals surface area contributed by atoms with Crippen molar-refractivity contribution in [3.8, 4) is 39.8 Å². The smallest absolute Gasteiger partial charge is 0.411 e. The molecular formula is C62H64N3O8P. The van der Waals surface area contributed by atoms with Crippen molar-refractivity contribution in [1.82, 2.24) is 4.67 Å². The van der Waals surface area contributed by atoms with Crippen LogP contribution in [0.25, 0.3) is 22.3 Å². The second-order valence-corrected chi connectivity index (χ2v) is 20.4. The van der Waals surface area contributed by atoms with Gasteiger partial charge in [-0.15, -0.1) is 0 Å². The minimum absolute atomic E-state index is 0.0731. The number of carbonyl (C=O) groups is 1. The number of rotatable bonds is 21. The summed E-state index contributed by atoms with van der Waals surface area (Å²) in [5.41, 5.74) is 9.35. The largest absolute Gasteiger partial charge is 0.497 e. The van der Waals surface area contributed by atoms with Gasteiger partial charge in [0.25, 0.3) is 8.53 Å². The van der Waals surface area contributed by atoms with Gasteiger partial charge in [-0.25, -0.2) is 9.46 Å². The molecule has 1 heterocycles. The fourth-order valence-electron chi connectivity index (χ4n) is 10.4. The Morgan fingerprint density at radius 2 is 1.26 bits per heavy atom. The lowest BCUT2D eigenvalue weighted by Gasteiger charge is -2.39. The van der Waals surface area contributed by atoms with E-state index in [0.717, 1.165) is 67.1 Å². The number of methoxy groups -OCH3 is 2. The third kappa shape index (κ3) is 11.3. The summed E-state index contributed by atoms with van der Waals surface area (Å²) in [6.07, 6.45) is -1.52. The summed E-state index contributed by atoms with van der Waals surface area (Å²) in [6.45, 7) is 8.99. The molecule has 1 saturated heterocycles. The van der Waals surface area contributed by atoms with Crippen molar-refractivity contribution in [3.63, 3.8) is 0 Å². The number of nitriles is 1. The highest BCUT2D eigenvalue weighted by Crippen LogP contribution is 2.52. The zero-order chi connectivity index (χ0) is 51.6. The predicted octanol–water partition coefficient (Wildman–Crippen LogP) is 14.2. The van der Waals surface area contributed by atoms with Crippen LogP contribution in [-0.2, 0) is 28.9 Å². The van der Waals surface area contributed by atoms with Gasteiger partial charge in [0.05, 0.1) is 57.8 Å². The van der Waals surface area contributed by atoms with Gasteiger partial charge in [0, 0.05) is 30.0 Å². The Balaban J connectivity index is 1.07. The molecule has 9 rings (SSSR count). The third-order valence-electron chi connectivity index (χ3n) is 13.8. The first kappa shape index (κ1) is 52.0. The van der Waals surface area contributed by atoms with E-state index in [9.17, 15) is 10.1 Å². The van der Waals surface area contributed by atoms with E-state index in [1.807, 2.05) is 133 Å². The van der Waals surface area contributed by atoms with E-state index in [-0.39, 0.29) is 44.2 Å². The highest BCUT2D eigenvalue weighted by Gasteiger charge is 2.45. The summed E-state index contributed by atoms with van der Waals surface area (Å²) in [4.78, 5) is 14.1. The van der Waals surface area contributed by atoms with Crippen molar-refractivity contribution < 1.29 is 37.5 Å². The van der Waals surface area contributed by atoms with Crippen LogP contribution in [0.3, 0.4) is 0 Å². The molecule has 1 aliphatic carbocycles. The highest BCUT2D eigenvalue weighted by atomic mass is 31.2. The topological polar surface area (TPSA) is 121 Å².